The second-order valence-corrected chi connectivity index (χ2v) is 5.19. The molecule has 0 unspecified atom stereocenters. The second kappa shape index (κ2) is 4.69. The molecule has 0 bridgehead atoms. The molecule has 0 fully saturated rings. The van der Waals surface area contributed by atoms with E-state index < -0.39 is 33.1 Å². The maximum atomic E-state index is 13.6. The number of carbonyl (C=O) groups is 1. The molecule has 0 atom stereocenters. The van der Waals surface area contributed by atoms with E-state index in [4.69, 9.17) is 5.11 Å². The Balaban J connectivity index is 2.48. The van der Waals surface area contributed by atoms with Crippen LogP contribution in [0.15, 0.2) is 35.5 Å². The van der Waals surface area contributed by atoms with Gasteiger partial charge in [0.1, 0.15) is 10.7 Å². The molecular weight excluding hydrogens is 277 g/mol. The molecule has 100 valence electrons. The van der Waals surface area contributed by atoms with Gasteiger partial charge in [0.25, 0.3) is 10.0 Å². The number of para-hydroxylation sites is 1. The third kappa shape index (κ3) is 2.55. The Kier molecular flexibility index (Phi) is 3.21. The number of H-pyrrole nitrogens is 1. The lowest BCUT2D eigenvalue weighted by Crippen LogP contribution is -2.16. The third-order valence-corrected chi connectivity index (χ3v) is 3.58. The molecule has 3 N–H and O–H groups in total. The highest BCUT2D eigenvalue weighted by molar-refractivity contribution is 7.92. The SMILES string of the molecule is O=C(O)c1cccc(F)c1NS(=O)(=O)c1cn[nH]c1. The van der Waals surface area contributed by atoms with Gasteiger partial charge in [-0.05, 0) is 12.1 Å². The molecule has 0 amide bonds. The average molecular weight is 285 g/mol. The van der Waals surface area contributed by atoms with Crippen molar-refractivity contribution in [2.75, 3.05) is 4.72 Å². The van der Waals surface area contributed by atoms with Crippen LogP contribution in [-0.4, -0.2) is 29.7 Å². The minimum Gasteiger partial charge on any atom is -0.478 e. The molecule has 7 nitrogen and oxygen atoms in total. The van der Waals surface area contributed by atoms with Crippen molar-refractivity contribution in [2.24, 2.45) is 0 Å². The summed E-state index contributed by atoms with van der Waals surface area (Å²) >= 11 is 0. The summed E-state index contributed by atoms with van der Waals surface area (Å²) in [5.41, 5.74) is -1.09. The number of carboxylic acids is 1. The molecule has 0 aliphatic carbocycles. The van der Waals surface area contributed by atoms with E-state index in [-0.39, 0.29) is 4.90 Å². The van der Waals surface area contributed by atoms with Crippen LogP contribution in [-0.2, 0) is 10.0 Å². The van der Waals surface area contributed by atoms with Gasteiger partial charge in [-0.2, -0.15) is 5.10 Å². The monoisotopic (exact) mass is 285 g/mol. The number of halogens is 1. The van der Waals surface area contributed by atoms with Crippen molar-refractivity contribution >= 4 is 21.7 Å². The molecule has 1 aromatic heterocycles. The minimum absolute atomic E-state index is 0.230. The average Bonchev–Trinajstić information content (AvgIpc) is 2.85. The van der Waals surface area contributed by atoms with E-state index in [0.29, 0.717) is 0 Å². The first kappa shape index (κ1) is 13.0. The van der Waals surface area contributed by atoms with Crippen LogP contribution < -0.4 is 4.72 Å². The Labute approximate surface area is 107 Å². The van der Waals surface area contributed by atoms with Crippen molar-refractivity contribution in [1.82, 2.24) is 10.2 Å². The predicted molar refractivity (Wildman–Crippen MR) is 62.8 cm³/mol. The van der Waals surface area contributed by atoms with Crippen LogP contribution in [0.25, 0.3) is 0 Å². The fourth-order valence-corrected chi connectivity index (χ4v) is 2.38. The number of sulfonamides is 1. The Hall–Kier alpha value is -2.42. The Morgan fingerprint density at radius 3 is 2.74 bits per heavy atom. The summed E-state index contributed by atoms with van der Waals surface area (Å²) in [7, 11) is -4.10. The van der Waals surface area contributed by atoms with Crippen molar-refractivity contribution in [3.63, 3.8) is 0 Å². The van der Waals surface area contributed by atoms with E-state index >= 15 is 0 Å². The highest BCUT2D eigenvalue weighted by atomic mass is 32.2. The van der Waals surface area contributed by atoms with Crippen molar-refractivity contribution in [1.29, 1.82) is 0 Å². The fourth-order valence-electron chi connectivity index (χ4n) is 1.39. The lowest BCUT2D eigenvalue weighted by atomic mass is 10.2. The number of carboxylic acid groups (broad SMARTS) is 1. The largest absolute Gasteiger partial charge is 0.478 e. The lowest BCUT2D eigenvalue weighted by Gasteiger charge is -2.09. The van der Waals surface area contributed by atoms with Gasteiger partial charge < -0.3 is 5.11 Å². The van der Waals surface area contributed by atoms with Gasteiger partial charge in [-0.15, -0.1) is 0 Å². The number of rotatable bonds is 4. The highest BCUT2D eigenvalue weighted by Gasteiger charge is 2.21. The molecule has 19 heavy (non-hydrogen) atoms. The first-order chi connectivity index (χ1) is 8.92. The van der Waals surface area contributed by atoms with Gasteiger partial charge in [-0.3, -0.25) is 9.82 Å². The van der Waals surface area contributed by atoms with Gasteiger partial charge in [-0.1, -0.05) is 6.07 Å². The smallest absolute Gasteiger partial charge is 0.337 e. The van der Waals surface area contributed by atoms with Crippen molar-refractivity contribution in [3.05, 3.63) is 42.0 Å². The minimum atomic E-state index is -4.10. The molecule has 1 aromatic carbocycles. The number of aromatic amines is 1. The number of aromatic nitrogens is 2. The maximum absolute atomic E-state index is 13.6. The number of nitrogens with zero attached hydrogens (tertiary/aromatic N) is 1. The van der Waals surface area contributed by atoms with E-state index in [1.54, 1.807) is 0 Å². The van der Waals surface area contributed by atoms with Crippen LogP contribution in [0.2, 0.25) is 0 Å². The summed E-state index contributed by atoms with van der Waals surface area (Å²) in [5, 5.41) is 14.6. The summed E-state index contributed by atoms with van der Waals surface area (Å²) in [6.07, 6.45) is 2.10. The van der Waals surface area contributed by atoms with Crippen LogP contribution in [0.1, 0.15) is 10.4 Å². The fraction of sp³-hybridized carbons (Fsp3) is 0. The predicted octanol–water partition coefficient (Wildman–Crippen LogP) is 1.05. The first-order valence-corrected chi connectivity index (χ1v) is 6.43. The summed E-state index contributed by atoms with van der Waals surface area (Å²) < 4.78 is 39.2. The molecule has 0 aliphatic heterocycles. The van der Waals surface area contributed by atoms with Gasteiger partial charge in [0.2, 0.25) is 0 Å². The number of benzene rings is 1. The summed E-state index contributed by atoms with van der Waals surface area (Å²) in [6, 6.07) is 3.23. The number of nitrogens with one attached hydrogen (secondary N) is 2. The third-order valence-electron chi connectivity index (χ3n) is 2.26. The van der Waals surface area contributed by atoms with Gasteiger partial charge >= 0.3 is 5.97 Å². The molecular formula is C10H8FN3O4S. The van der Waals surface area contributed by atoms with Crippen LogP contribution in [0.5, 0.6) is 0 Å². The molecule has 9 heteroatoms. The molecule has 0 aliphatic rings. The second-order valence-electron chi connectivity index (χ2n) is 3.51. The molecule has 0 radical (unpaired) electrons. The normalized spacial score (nSPS) is 11.2. The summed E-state index contributed by atoms with van der Waals surface area (Å²) in [6.45, 7) is 0. The van der Waals surface area contributed by atoms with E-state index in [1.165, 1.54) is 6.07 Å². The molecule has 0 spiro atoms. The first-order valence-electron chi connectivity index (χ1n) is 4.95. The Bertz CT molecular complexity index is 712. The number of aromatic carboxylic acids is 1. The highest BCUT2D eigenvalue weighted by Crippen LogP contribution is 2.23. The zero-order chi connectivity index (χ0) is 14.0. The summed E-state index contributed by atoms with van der Waals surface area (Å²) in [4.78, 5) is 10.7. The zero-order valence-electron chi connectivity index (χ0n) is 9.29. The van der Waals surface area contributed by atoms with Crippen LogP contribution >= 0.6 is 0 Å². The van der Waals surface area contributed by atoms with Crippen molar-refractivity contribution < 1.29 is 22.7 Å². The van der Waals surface area contributed by atoms with Crippen LogP contribution in [0, 0.1) is 5.82 Å². The maximum Gasteiger partial charge on any atom is 0.337 e. The van der Waals surface area contributed by atoms with Crippen molar-refractivity contribution in [3.8, 4) is 0 Å². The number of hydrogen-bond donors (Lipinski definition) is 3. The molecule has 0 saturated heterocycles. The number of anilines is 1. The van der Waals surface area contributed by atoms with Gasteiger partial charge in [0.15, 0.2) is 0 Å². The van der Waals surface area contributed by atoms with Gasteiger partial charge in [0, 0.05) is 6.20 Å². The van der Waals surface area contributed by atoms with Gasteiger partial charge in [0.05, 0.1) is 17.4 Å². The Morgan fingerprint density at radius 2 is 2.16 bits per heavy atom. The quantitative estimate of drug-likeness (QED) is 0.777. The van der Waals surface area contributed by atoms with E-state index in [9.17, 15) is 17.6 Å². The van der Waals surface area contributed by atoms with Gasteiger partial charge in [-0.25, -0.2) is 17.6 Å². The lowest BCUT2D eigenvalue weighted by molar-refractivity contribution is 0.0697. The molecule has 2 aromatic rings. The van der Waals surface area contributed by atoms with Crippen LogP contribution in [0.4, 0.5) is 10.1 Å². The van der Waals surface area contributed by atoms with E-state index in [0.717, 1.165) is 24.5 Å². The molecule has 0 saturated carbocycles. The summed E-state index contributed by atoms with van der Waals surface area (Å²) in [5.74, 6) is -2.42. The van der Waals surface area contributed by atoms with Crippen molar-refractivity contribution in [2.45, 2.75) is 4.90 Å². The van der Waals surface area contributed by atoms with E-state index in [1.807, 2.05) is 4.72 Å². The topological polar surface area (TPSA) is 112 Å². The molecule has 1 heterocycles. The standard InChI is InChI=1S/C10H8FN3O4S/c11-8-3-1-2-7(10(15)16)9(8)14-19(17,18)6-4-12-13-5-6/h1-5,14H,(H,12,13)(H,15,16). The Morgan fingerprint density at radius 1 is 1.42 bits per heavy atom. The molecule has 2 rings (SSSR count). The number of hydrogen-bond acceptors (Lipinski definition) is 4. The van der Waals surface area contributed by atoms with Crippen LogP contribution in [0.3, 0.4) is 0 Å². The zero-order valence-corrected chi connectivity index (χ0v) is 10.1. The van der Waals surface area contributed by atoms with E-state index in [2.05, 4.69) is 10.2 Å².